The molecule has 0 atom stereocenters. The molecule has 2 N–H and O–H groups in total. The third-order valence-corrected chi connectivity index (χ3v) is 4.76. The van der Waals surface area contributed by atoms with Crippen molar-refractivity contribution in [1.29, 1.82) is 0 Å². The highest BCUT2D eigenvalue weighted by Gasteiger charge is 2.15. The lowest BCUT2D eigenvalue weighted by Gasteiger charge is -2.10. The van der Waals surface area contributed by atoms with E-state index in [0.717, 1.165) is 22.5 Å². The normalized spacial score (nSPS) is 10.7. The van der Waals surface area contributed by atoms with Gasteiger partial charge in [-0.15, -0.1) is 0 Å². The van der Waals surface area contributed by atoms with Crippen LogP contribution in [0.4, 0.5) is 16.2 Å². The van der Waals surface area contributed by atoms with Crippen LogP contribution >= 0.6 is 11.6 Å². The van der Waals surface area contributed by atoms with Gasteiger partial charge in [-0.1, -0.05) is 47.5 Å². The van der Waals surface area contributed by atoms with E-state index in [1.807, 2.05) is 37.6 Å². The molecule has 0 saturated carbocycles. The first kappa shape index (κ1) is 19.0. The second-order valence-electron chi connectivity index (χ2n) is 6.75. The monoisotopic (exact) mass is 382 g/mol. The molecule has 6 heteroatoms. The van der Waals surface area contributed by atoms with Crippen LogP contribution in [0.5, 0.6) is 0 Å². The van der Waals surface area contributed by atoms with Crippen molar-refractivity contribution in [2.24, 2.45) is 0 Å². The second-order valence-corrected chi connectivity index (χ2v) is 7.16. The summed E-state index contributed by atoms with van der Waals surface area (Å²) < 4.78 is 1.90. The molecule has 0 aliphatic carbocycles. The van der Waals surface area contributed by atoms with Gasteiger partial charge in [-0.2, -0.15) is 5.10 Å². The minimum Gasteiger partial charge on any atom is -0.306 e. The molecule has 1 heterocycles. The molecule has 0 unspecified atom stereocenters. The maximum absolute atomic E-state index is 12.4. The molecule has 2 aromatic carbocycles. The minimum atomic E-state index is -0.346. The number of carbonyl (C=O) groups excluding carboxylic acids is 1. The fourth-order valence-electron chi connectivity index (χ4n) is 2.89. The van der Waals surface area contributed by atoms with Crippen LogP contribution in [0.25, 0.3) is 0 Å². The van der Waals surface area contributed by atoms with Crippen molar-refractivity contribution in [3.63, 3.8) is 0 Å². The van der Waals surface area contributed by atoms with Crippen molar-refractivity contribution >= 4 is 29.0 Å². The Bertz CT molecular complexity index is 977. The van der Waals surface area contributed by atoms with Gasteiger partial charge >= 0.3 is 6.03 Å². The Morgan fingerprint density at radius 3 is 2.33 bits per heavy atom. The van der Waals surface area contributed by atoms with E-state index in [4.69, 9.17) is 11.6 Å². The van der Waals surface area contributed by atoms with Crippen LogP contribution in [0.2, 0.25) is 5.02 Å². The van der Waals surface area contributed by atoms with E-state index in [-0.39, 0.29) is 6.03 Å². The molecule has 1 aromatic heterocycles. The molecular formula is C21H23ClN4O. The van der Waals surface area contributed by atoms with Crippen molar-refractivity contribution in [1.82, 2.24) is 9.78 Å². The van der Waals surface area contributed by atoms with Gasteiger partial charge in [0.1, 0.15) is 0 Å². The first-order valence-electron chi connectivity index (χ1n) is 8.77. The lowest BCUT2D eigenvalue weighted by molar-refractivity contribution is 0.262. The molecule has 27 heavy (non-hydrogen) atoms. The molecule has 2 amide bonds. The van der Waals surface area contributed by atoms with Gasteiger partial charge in [-0.25, -0.2) is 4.79 Å². The summed E-state index contributed by atoms with van der Waals surface area (Å²) in [4.78, 5) is 12.4. The number of halogens is 1. The predicted molar refractivity (Wildman–Crippen MR) is 111 cm³/mol. The molecule has 0 spiro atoms. The number of aryl methyl sites for hydroxylation is 3. The number of rotatable bonds is 4. The number of amides is 2. The Hall–Kier alpha value is -2.79. The molecular weight excluding hydrogens is 360 g/mol. The van der Waals surface area contributed by atoms with Crippen LogP contribution < -0.4 is 10.6 Å². The number of anilines is 2. The van der Waals surface area contributed by atoms with Crippen molar-refractivity contribution in [3.05, 3.63) is 75.6 Å². The standard InChI is InChI=1S/C21H23ClN4O/c1-13-5-8-17(9-6-13)12-26-16(4)20(15(3)25-26)24-21(27)23-19-10-7-14(2)11-18(19)22/h5-11H,12H2,1-4H3,(H2,23,24,27). The summed E-state index contributed by atoms with van der Waals surface area (Å²) >= 11 is 6.19. The number of hydrogen-bond donors (Lipinski definition) is 2. The van der Waals surface area contributed by atoms with E-state index in [1.54, 1.807) is 6.07 Å². The fourth-order valence-corrected chi connectivity index (χ4v) is 3.17. The maximum atomic E-state index is 12.4. The van der Waals surface area contributed by atoms with Gasteiger partial charge in [-0.05, 0) is 51.0 Å². The largest absolute Gasteiger partial charge is 0.323 e. The topological polar surface area (TPSA) is 59.0 Å². The number of hydrogen-bond acceptors (Lipinski definition) is 2. The Morgan fingerprint density at radius 2 is 1.67 bits per heavy atom. The summed E-state index contributed by atoms with van der Waals surface area (Å²) in [6.07, 6.45) is 0. The van der Waals surface area contributed by atoms with Gasteiger partial charge in [0.15, 0.2) is 0 Å². The molecule has 3 aromatic rings. The van der Waals surface area contributed by atoms with Crippen LogP contribution in [0.1, 0.15) is 28.1 Å². The summed E-state index contributed by atoms with van der Waals surface area (Å²) in [7, 11) is 0. The predicted octanol–water partition coefficient (Wildman–Crippen LogP) is 5.46. The van der Waals surface area contributed by atoms with Crippen LogP contribution in [-0.2, 0) is 6.54 Å². The molecule has 0 saturated heterocycles. The number of nitrogens with zero attached hydrogens (tertiary/aromatic N) is 2. The zero-order valence-electron chi connectivity index (χ0n) is 15.9. The second kappa shape index (κ2) is 7.84. The maximum Gasteiger partial charge on any atom is 0.323 e. The first-order chi connectivity index (χ1) is 12.8. The SMILES string of the molecule is Cc1ccc(Cn2nc(C)c(NC(=O)Nc3ccc(C)cc3Cl)c2C)cc1. The highest BCUT2D eigenvalue weighted by molar-refractivity contribution is 6.33. The summed E-state index contributed by atoms with van der Waals surface area (Å²) in [5, 5.41) is 10.8. The van der Waals surface area contributed by atoms with Gasteiger partial charge < -0.3 is 10.6 Å². The third kappa shape index (κ3) is 4.49. The summed E-state index contributed by atoms with van der Waals surface area (Å²) in [5.74, 6) is 0. The molecule has 0 fully saturated rings. The van der Waals surface area contributed by atoms with Gasteiger partial charge in [0.25, 0.3) is 0 Å². The molecule has 140 valence electrons. The van der Waals surface area contributed by atoms with Gasteiger partial charge in [0, 0.05) is 0 Å². The summed E-state index contributed by atoms with van der Waals surface area (Å²) in [5.41, 5.74) is 6.37. The molecule has 0 aliphatic rings. The van der Waals surface area contributed by atoms with Crippen molar-refractivity contribution < 1.29 is 4.79 Å². The molecule has 5 nitrogen and oxygen atoms in total. The average molecular weight is 383 g/mol. The Balaban J connectivity index is 1.74. The zero-order chi connectivity index (χ0) is 19.6. The van der Waals surface area contributed by atoms with Crippen LogP contribution in [-0.4, -0.2) is 15.8 Å². The third-order valence-electron chi connectivity index (χ3n) is 4.45. The lowest BCUT2D eigenvalue weighted by Crippen LogP contribution is -2.20. The van der Waals surface area contributed by atoms with E-state index in [1.165, 1.54) is 5.56 Å². The number of benzene rings is 2. The summed E-state index contributed by atoms with van der Waals surface area (Å²) in [6, 6.07) is 13.5. The van der Waals surface area contributed by atoms with Gasteiger partial charge in [0.2, 0.25) is 0 Å². The van der Waals surface area contributed by atoms with Crippen LogP contribution in [0.15, 0.2) is 42.5 Å². The highest BCUT2D eigenvalue weighted by atomic mass is 35.5. The van der Waals surface area contributed by atoms with E-state index >= 15 is 0 Å². The van der Waals surface area contributed by atoms with E-state index in [9.17, 15) is 4.79 Å². The zero-order valence-corrected chi connectivity index (χ0v) is 16.7. The average Bonchev–Trinajstić information content (AvgIpc) is 2.87. The molecule has 0 bridgehead atoms. The molecule has 0 radical (unpaired) electrons. The molecule has 3 rings (SSSR count). The van der Waals surface area contributed by atoms with Crippen LogP contribution in [0.3, 0.4) is 0 Å². The number of carbonyl (C=O) groups is 1. The smallest absolute Gasteiger partial charge is 0.306 e. The quantitative estimate of drug-likeness (QED) is 0.629. The number of aromatic nitrogens is 2. The Labute approximate surface area is 164 Å². The first-order valence-corrected chi connectivity index (χ1v) is 9.15. The van der Waals surface area contributed by atoms with Gasteiger partial charge in [0.05, 0.1) is 34.3 Å². The number of urea groups is 1. The fraction of sp³-hybridized carbons (Fsp3) is 0.238. The van der Waals surface area contributed by atoms with E-state index in [0.29, 0.717) is 22.9 Å². The lowest BCUT2D eigenvalue weighted by atomic mass is 10.1. The minimum absolute atomic E-state index is 0.346. The summed E-state index contributed by atoms with van der Waals surface area (Å²) in [6.45, 7) is 8.49. The Morgan fingerprint density at radius 1 is 1.00 bits per heavy atom. The van der Waals surface area contributed by atoms with Crippen molar-refractivity contribution in [3.8, 4) is 0 Å². The van der Waals surface area contributed by atoms with Crippen molar-refractivity contribution in [2.45, 2.75) is 34.2 Å². The van der Waals surface area contributed by atoms with Crippen LogP contribution in [0, 0.1) is 27.7 Å². The van der Waals surface area contributed by atoms with Gasteiger partial charge in [-0.3, -0.25) is 4.68 Å². The Kier molecular flexibility index (Phi) is 5.51. The van der Waals surface area contributed by atoms with Crippen molar-refractivity contribution in [2.75, 3.05) is 10.6 Å². The highest BCUT2D eigenvalue weighted by Crippen LogP contribution is 2.24. The van der Waals surface area contributed by atoms with E-state index < -0.39 is 0 Å². The number of nitrogens with one attached hydrogen (secondary N) is 2. The molecule has 0 aliphatic heterocycles. The van der Waals surface area contributed by atoms with E-state index in [2.05, 4.69) is 46.9 Å².